The van der Waals surface area contributed by atoms with Crippen molar-refractivity contribution in [2.45, 2.75) is 25.7 Å². The summed E-state index contributed by atoms with van der Waals surface area (Å²) in [4.78, 5) is 14.8. The summed E-state index contributed by atoms with van der Waals surface area (Å²) in [6.07, 6.45) is 4.21. The molecule has 1 aliphatic rings. The van der Waals surface area contributed by atoms with Gasteiger partial charge in [0.05, 0.1) is 5.02 Å². The molecule has 0 unspecified atom stereocenters. The van der Waals surface area contributed by atoms with Crippen molar-refractivity contribution in [3.8, 4) is 11.4 Å². The fourth-order valence-electron chi connectivity index (χ4n) is 4.39. The van der Waals surface area contributed by atoms with Gasteiger partial charge in [0.15, 0.2) is 5.82 Å². The van der Waals surface area contributed by atoms with Crippen molar-refractivity contribution in [2.24, 2.45) is 13.0 Å². The number of nitrogens with one attached hydrogen (secondary N) is 2. The molecule has 180 valence electrons. The molecule has 0 radical (unpaired) electrons. The third kappa shape index (κ3) is 6.51. The zero-order chi connectivity index (χ0) is 23.9. The first-order valence-electron chi connectivity index (χ1n) is 11.5. The second kappa shape index (κ2) is 11.4. The quantitative estimate of drug-likeness (QED) is 0.468. The molecule has 2 amide bonds. The van der Waals surface area contributed by atoms with Crippen LogP contribution in [0.4, 0.5) is 14.9 Å². The number of carbonyl (C=O) groups excluding carboxylic acids is 1. The summed E-state index contributed by atoms with van der Waals surface area (Å²) in [7, 11) is 1.73. The lowest BCUT2D eigenvalue weighted by atomic mass is 9.91. The number of aromatic nitrogens is 4. The zero-order valence-corrected chi connectivity index (χ0v) is 19.9. The van der Waals surface area contributed by atoms with E-state index in [0.717, 1.165) is 32.5 Å². The van der Waals surface area contributed by atoms with E-state index in [1.54, 1.807) is 25.2 Å². The van der Waals surface area contributed by atoms with Gasteiger partial charge in [-0.05, 0) is 91.0 Å². The minimum atomic E-state index is -0.266. The molecule has 2 aromatic carbocycles. The number of aryl methyl sites for hydroxylation is 1. The van der Waals surface area contributed by atoms with Gasteiger partial charge >= 0.3 is 6.03 Å². The Labute approximate surface area is 203 Å². The lowest BCUT2D eigenvalue weighted by Gasteiger charge is -2.32. The Bertz CT molecular complexity index is 1100. The molecule has 1 fully saturated rings. The first-order chi connectivity index (χ1) is 16.5. The number of urea groups is 1. The van der Waals surface area contributed by atoms with E-state index in [9.17, 15) is 9.18 Å². The molecule has 4 rings (SSSR count). The summed E-state index contributed by atoms with van der Waals surface area (Å²) in [6, 6.07) is 11.8. The van der Waals surface area contributed by atoms with Crippen LogP contribution < -0.4 is 10.6 Å². The standard InChI is InChI=1S/C24H29ClFN7O/c1-32-23(29-30-31-32)21-15-20(9-10-22(21)25)28-24(34)27-11-3-13-33-12-2-4-18(16-33)14-17-5-7-19(26)8-6-17/h5-10,15,18H,2-4,11-14,16H2,1H3,(H2,27,28,34)/t18-/m0/s1. The van der Waals surface area contributed by atoms with Crippen LogP contribution in [0, 0.1) is 11.7 Å². The highest BCUT2D eigenvalue weighted by molar-refractivity contribution is 6.33. The van der Waals surface area contributed by atoms with E-state index in [1.807, 2.05) is 12.1 Å². The lowest BCUT2D eigenvalue weighted by molar-refractivity contribution is 0.172. The van der Waals surface area contributed by atoms with Gasteiger partial charge in [-0.2, -0.15) is 0 Å². The highest BCUT2D eigenvalue weighted by Crippen LogP contribution is 2.28. The summed E-state index contributed by atoms with van der Waals surface area (Å²) < 4.78 is 14.7. The van der Waals surface area contributed by atoms with Crippen molar-refractivity contribution in [3.05, 3.63) is 58.9 Å². The van der Waals surface area contributed by atoms with Gasteiger partial charge in [-0.1, -0.05) is 23.7 Å². The summed E-state index contributed by atoms with van der Waals surface area (Å²) in [5, 5.41) is 17.7. The minimum Gasteiger partial charge on any atom is -0.338 e. The molecule has 0 bridgehead atoms. The second-order valence-corrected chi connectivity index (χ2v) is 9.10. The van der Waals surface area contributed by atoms with Crippen LogP contribution in [-0.4, -0.2) is 57.3 Å². The van der Waals surface area contributed by atoms with Gasteiger partial charge in [0.1, 0.15) is 5.82 Å². The van der Waals surface area contributed by atoms with Crippen molar-refractivity contribution in [1.29, 1.82) is 0 Å². The van der Waals surface area contributed by atoms with Crippen LogP contribution in [0.2, 0.25) is 5.02 Å². The number of benzene rings is 2. The smallest absolute Gasteiger partial charge is 0.319 e. The number of carbonyl (C=O) groups is 1. The number of hydrogen-bond donors (Lipinski definition) is 2. The molecule has 34 heavy (non-hydrogen) atoms. The predicted molar refractivity (Wildman–Crippen MR) is 130 cm³/mol. The van der Waals surface area contributed by atoms with Crippen molar-refractivity contribution in [2.75, 3.05) is 31.5 Å². The van der Waals surface area contributed by atoms with Crippen LogP contribution in [0.15, 0.2) is 42.5 Å². The van der Waals surface area contributed by atoms with Crippen LogP contribution in [0.1, 0.15) is 24.8 Å². The molecular formula is C24H29ClFN7O. The number of likely N-dealkylation sites (tertiary alicyclic amines) is 1. The Morgan fingerprint density at radius 1 is 1.24 bits per heavy atom. The molecule has 1 aromatic heterocycles. The minimum absolute atomic E-state index is 0.190. The van der Waals surface area contributed by atoms with E-state index in [1.165, 1.54) is 35.2 Å². The van der Waals surface area contributed by atoms with Crippen molar-refractivity contribution in [3.63, 3.8) is 0 Å². The van der Waals surface area contributed by atoms with Gasteiger partial charge in [0.25, 0.3) is 0 Å². The number of tetrazole rings is 1. The summed E-state index contributed by atoms with van der Waals surface area (Å²) in [6.45, 7) is 3.63. The molecule has 10 heteroatoms. The van der Waals surface area contributed by atoms with Crippen molar-refractivity contribution >= 4 is 23.3 Å². The Kier molecular flexibility index (Phi) is 8.08. The summed E-state index contributed by atoms with van der Waals surface area (Å²) in [5.74, 6) is 0.914. The average molecular weight is 486 g/mol. The largest absolute Gasteiger partial charge is 0.338 e. The molecule has 1 atom stereocenters. The second-order valence-electron chi connectivity index (χ2n) is 8.69. The molecule has 1 saturated heterocycles. The summed E-state index contributed by atoms with van der Waals surface area (Å²) in [5.41, 5.74) is 2.44. The Hall–Kier alpha value is -3.04. The number of amides is 2. The molecule has 1 aliphatic heterocycles. The summed E-state index contributed by atoms with van der Waals surface area (Å²) >= 11 is 6.28. The van der Waals surface area contributed by atoms with Gasteiger partial charge in [0, 0.05) is 31.4 Å². The van der Waals surface area contributed by atoms with E-state index in [0.29, 0.717) is 34.6 Å². The van der Waals surface area contributed by atoms with Crippen LogP contribution >= 0.6 is 11.6 Å². The van der Waals surface area contributed by atoms with Gasteiger partial charge in [-0.25, -0.2) is 13.9 Å². The highest BCUT2D eigenvalue weighted by atomic mass is 35.5. The van der Waals surface area contributed by atoms with E-state index in [-0.39, 0.29) is 11.8 Å². The maximum absolute atomic E-state index is 13.1. The third-order valence-electron chi connectivity index (χ3n) is 6.06. The number of halogens is 2. The molecule has 0 aliphatic carbocycles. The molecule has 0 spiro atoms. The van der Waals surface area contributed by atoms with Crippen LogP contribution in [-0.2, 0) is 13.5 Å². The van der Waals surface area contributed by atoms with Gasteiger partial charge in [-0.15, -0.1) is 5.10 Å². The van der Waals surface area contributed by atoms with Crippen molar-refractivity contribution < 1.29 is 9.18 Å². The van der Waals surface area contributed by atoms with Gasteiger partial charge < -0.3 is 15.5 Å². The van der Waals surface area contributed by atoms with Gasteiger partial charge in [-0.3, -0.25) is 0 Å². The number of rotatable bonds is 8. The number of nitrogens with zero attached hydrogens (tertiary/aromatic N) is 5. The van der Waals surface area contributed by atoms with E-state index < -0.39 is 0 Å². The molecule has 0 saturated carbocycles. The van der Waals surface area contributed by atoms with Crippen LogP contribution in [0.3, 0.4) is 0 Å². The number of piperidine rings is 1. The molecule has 2 heterocycles. The normalized spacial score (nSPS) is 16.4. The Morgan fingerprint density at radius 2 is 2.06 bits per heavy atom. The molecule has 2 N–H and O–H groups in total. The van der Waals surface area contributed by atoms with Gasteiger partial charge in [0.2, 0.25) is 0 Å². The number of hydrogen-bond acceptors (Lipinski definition) is 5. The Morgan fingerprint density at radius 3 is 2.82 bits per heavy atom. The fourth-order valence-corrected chi connectivity index (χ4v) is 4.59. The fraction of sp³-hybridized carbons (Fsp3) is 0.417. The average Bonchev–Trinajstić information content (AvgIpc) is 3.25. The topological polar surface area (TPSA) is 88.0 Å². The Balaban J connectivity index is 1.19. The SMILES string of the molecule is Cn1nnnc1-c1cc(NC(=O)NCCCN2CCC[C@@H](Cc3ccc(F)cc3)C2)ccc1Cl. The zero-order valence-electron chi connectivity index (χ0n) is 19.2. The maximum atomic E-state index is 13.1. The molecule has 8 nitrogen and oxygen atoms in total. The highest BCUT2D eigenvalue weighted by Gasteiger charge is 2.20. The van der Waals surface area contributed by atoms with Crippen LogP contribution in [0.25, 0.3) is 11.4 Å². The van der Waals surface area contributed by atoms with Crippen molar-refractivity contribution in [1.82, 2.24) is 30.4 Å². The van der Waals surface area contributed by atoms with E-state index >= 15 is 0 Å². The molecular weight excluding hydrogens is 457 g/mol. The molecule has 3 aromatic rings. The third-order valence-corrected chi connectivity index (χ3v) is 6.39. The first kappa shape index (κ1) is 24.1. The lowest BCUT2D eigenvalue weighted by Crippen LogP contribution is -2.38. The maximum Gasteiger partial charge on any atom is 0.319 e. The van der Waals surface area contributed by atoms with E-state index in [2.05, 4.69) is 31.1 Å². The monoisotopic (exact) mass is 485 g/mol. The first-order valence-corrected chi connectivity index (χ1v) is 11.9. The predicted octanol–water partition coefficient (Wildman–Crippen LogP) is 4.14. The van der Waals surface area contributed by atoms with E-state index in [4.69, 9.17) is 11.6 Å². The van der Waals surface area contributed by atoms with Crippen LogP contribution in [0.5, 0.6) is 0 Å². The number of anilines is 1.